The lowest BCUT2D eigenvalue weighted by Crippen LogP contribution is -2.34. The molecule has 1 amide bonds. The van der Waals surface area contributed by atoms with Crippen LogP contribution in [0.2, 0.25) is 0 Å². The van der Waals surface area contributed by atoms with Crippen molar-refractivity contribution in [1.82, 2.24) is 4.90 Å². The van der Waals surface area contributed by atoms with Crippen molar-refractivity contribution in [2.24, 2.45) is 0 Å². The van der Waals surface area contributed by atoms with E-state index in [1.807, 2.05) is 6.92 Å². The summed E-state index contributed by atoms with van der Waals surface area (Å²) < 4.78 is 4.53. The van der Waals surface area contributed by atoms with Crippen LogP contribution in [-0.4, -0.2) is 41.9 Å². The minimum Gasteiger partial charge on any atom is -0.469 e. The summed E-state index contributed by atoms with van der Waals surface area (Å²) >= 11 is 0. The van der Waals surface area contributed by atoms with Gasteiger partial charge < -0.3 is 9.64 Å². The van der Waals surface area contributed by atoms with Gasteiger partial charge in [-0.15, -0.1) is 0 Å². The van der Waals surface area contributed by atoms with Crippen LogP contribution in [0.5, 0.6) is 0 Å². The van der Waals surface area contributed by atoms with Gasteiger partial charge >= 0.3 is 5.97 Å². The first kappa shape index (κ1) is 16.6. The number of esters is 1. The summed E-state index contributed by atoms with van der Waals surface area (Å²) in [5.41, 5.74) is 0.531. The van der Waals surface area contributed by atoms with E-state index < -0.39 is 4.92 Å². The molecule has 0 fully saturated rings. The first-order valence-electron chi connectivity index (χ1n) is 6.55. The van der Waals surface area contributed by atoms with Crippen LogP contribution in [0.1, 0.15) is 18.9 Å². The number of benzene rings is 1. The molecular weight excluding hydrogens is 276 g/mol. The Kier molecular flexibility index (Phi) is 6.32. The first-order valence-corrected chi connectivity index (χ1v) is 6.55. The number of hydrogen-bond donors (Lipinski definition) is 0. The summed E-state index contributed by atoms with van der Waals surface area (Å²) in [4.78, 5) is 35.0. The Balaban J connectivity index is 2.67. The summed E-state index contributed by atoms with van der Waals surface area (Å²) in [7, 11) is 1.30. The highest BCUT2D eigenvalue weighted by atomic mass is 16.6. The zero-order valence-corrected chi connectivity index (χ0v) is 12.1. The van der Waals surface area contributed by atoms with Crippen molar-refractivity contribution in [2.75, 3.05) is 20.2 Å². The zero-order valence-electron chi connectivity index (χ0n) is 12.1. The summed E-state index contributed by atoms with van der Waals surface area (Å²) in [5, 5.41) is 10.7. The fourth-order valence-corrected chi connectivity index (χ4v) is 1.85. The predicted octanol–water partition coefficient (Wildman–Crippen LogP) is 1.55. The van der Waals surface area contributed by atoms with Gasteiger partial charge in [-0.2, -0.15) is 0 Å². The number of amides is 1. The standard InChI is InChI=1S/C14H18N2O5/c1-3-15(8-7-14(18)21-2)13(17)10-11-5-4-6-12(9-11)16(19)20/h4-6,9H,3,7-8,10H2,1-2H3. The highest BCUT2D eigenvalue weighted by Crippen LogP contribution is 2.14. The number of nitro groups is 1. The van der Waals surface area contributed by atoms with E-state index in [4.69, 9.17) is 0 Å². The largest absolute Gasteiger partial charge is 0.469 e. The predicted molar refractivity (Wildman–Crippen MR) is 75.7 cm³/mol. The molecule has 0 atom stereocenters. The molecule has 0 aliphatic heterocycles. The van der Waals surface area contributed by atoms with Crippen LogP contribution >= 0.6 is 0 Å². The van der Waals surface area contributed by atoms with Gasteiger partial charge in [0.1, 0.15) is 0 Å². The number of hydrogen-bond acceptors (Lipinski definition) is 5. The van der Waals surface area contributed by atoms with E-state index in [-0.39, 0.29) is 37.0 Å². The molecule has 0 spiro atoms. The molecule has 21 heavy (non-hydrogen) atoms. The van der Waals surface area contributed by atoms with E-state index in [1.54, 1.807) is 12.1 Å². The number of nitrogens with zero attached hydrogens (tertiary/aromatic N) is 2. The van der Waals surface area contributed by atoms with Gasteiger partial charge in [0.2, 0.25) is 5.91 Å². The molecule has 0 bridgehead atoms. The molecule has 0 saturated carbocycles. The minimum atomic E-state index is -0.497. The second kappa shape index (κ2) is 7.98. The third-order valence-electron chi connectivity index (χ3n) is 3.02. The number of carbonyl (C=O) groups is 2. The molecule has 0 aliphatic carbocycles. The van der Waals surface area contributed by atoms with Gasteiger partial charge in [-0.1, -0.05) is 12.1 Å². The van der Waals surface area contributed by atoms with Crippen LogP contribution in [0.15, 0.2) is 24.3 Å². The van der Waals surface area contributed by atoms with Crippen molar-refractivity contribution in [3.8, 4) is 0 Å². The topological polar surface area (TPSA) is 89.8 Å². The van der Waals surface area contributed by atoms with Crippen molar-refractivity contribution in [3.05, 3.63) is 39.9 Å². The first-order chi connectivity index (χ1) is 9.97. The molecule has 1 aromatic carbocycles. The number of ether oxygens (including phenoxy) is 1. The lowest BCUT2D eigenvalue weighted by molar-refractivity contribution is -0.384. The van der Waals surface area contributed by atoms with Crippen LogP contribution in [0, 0.1) is 10.1 Å². The van der Waals surface area contributed by atoms with Crippen molar-refractivity contribution < 1.29 is 19.2 Å². The molecule has 0 aliphatic rings. The van der Waals surface area contributed by atoms with Crippen LogP contribution < -0.4 is 0 Å². The second-order valence-electron chi connectivity index (χ2n) is 4.40. The highest BCUT2D eigenvalue weighted by Gasteiger charge is 2.15. The molecule has 0 heterocycles. The van der Waals surface area contributed by atoms with E-state index in [1.165, 1.54) is 24.1 Å². The quantitative estimate of drug-likeness (QED) is 0.432. The summed E-state index contributed by atoms with van der Waals surface area (Å²) in [6.07, 6.45) is 0.196. The third kappa shape index (κ3) is 5.21. The van der Waals surface area contributed by atoms with Crippen LogP contribution in [-0.2, 0) is 20.7 Å². The summed E-state index contributed by atoms with van der Waals surface area (Å²) in [6.45, 7) is 2.55. The SMILES string of the molecule is CCN(CCC(=O)OC)C(=O)Cc1cccc([N+](=O)[O-])c1. The Bertz CT molecular complexity index is 530. The average Bonchev–Trinajstić information content (AvgIpc) is 2.47. The van der Waals surface area contributed by atoms with Crippen molar-refractivity contribution in [3.63, 3.8) is 0 Å². The third-order valence-corrected chi connectivity index (χ3v) is 3.02. The Morgan fingerprint density at radius 1 is 1.38 bits per heavy atom. The van der Waals surface area contributed by atoms with Gasteiger partial charge in [0.15, 0.2) is 0 Å². The number of likely N-dealkylation sites (N-methyl/N-ethyl adjacent to an activating group) is 1. The number of carbonyl (C=O) groups excluding carboxylic acids is 2. The number of nitro benzene ring substituents is 1. The van der Waals surface area contributed by atoms with Gasteiger partial charge in [0, 0.05) is 25.2 Å². The number of non-ortho nitro benzene ring substituents is 1. The van der Waals surface area contributed by atoms with E-state index in [0.29, 0.717) is 12.1 Å². The average molecular weight is 294 g/mol. The van der Waals surface area contributed by atoms with Gasteiger partial charge in [-0.25, -0.2) is 0 Å². The van der Waals surface area contributed by atoms with Crippen molar-refractivity contribution >= 4 is 17.6 Å². The second-order valence-corrected chi connectivity index (χ2v) is 4.40. The highest BCUT2D eigenvalue weighted by molar-refractivity contribution is 5.79. The fourth-order valence-electron chi connectivity index (χ4n) is 1.85. The molecule has 114 valence electrons. The van der Waals surface area contributed by atoms with Gasteiger partial charge in [-0.3, -0.25) is 19.7 Å². The number of rotatable bonds is 7. The molecule has 1 rings (SSSR count). The molecule has 0 aromatic heterocycles. The van der Waals surface area contributed by atoms with E-state index in [9.17, 15) is 19.7 Å². The molecule has 7 heteroatoms. The Labute approximate surface area is 122 Å². The lowest BCUT2D eigenvalue weighted by Gasteiger charge is -2.20. The fraction of sp³-hybridized carbons (Fsp3) is 0.429. The molecule has 0 unspecified atom stereocenters. The Hall–Kier alpha value is -2.44. The van der Waals surface area contributed by atoms with Crippen LogP contribution in [0.4, 0.5) is 5.69 Å². The van der Waals surface area contributed by atoms with Crippen molar-refractivity contribution in [2.45, 2.75) is 19.8 Å². The van der Waals surface area contributed by atoms with E-state index in [0.717, 1.165) is 0 Å². The maximum Gasteiger partial charge on any atom is 0.307 e. The molecule has 0 radical (unpaired) electrons. The normalized spacial score (nSPS) is 10.0. The minimum absolute atomic E-state index is 0.0436. The molecule has 1 aromatic rings. The molecule has 7 nitrogen and oxygen atoms in total. The summed E-state index contributed by atoms with van der Waals surface area (Å²) in [5.74, 6) is -0.557. The van der Waals surface area contributed by atoms with Gasteiger partial charge in [0.05, 0.1) is 24.9 Å². The molecule has 0 N–H and O–H groups in total. The van der Waals surface area contributed by atoms with E-state index in [2.05, 4.69) is 4.74 Å². The monoisotopic (exact) mass is 294 g/mol. The maximum atomic E-state index is 12.1. The van der Waals surface area contributed by atoms with Crippen LogP contribution in [0.25, 0.3) is 0 Å². The Morgan fingerprint density at radius 2 is 2.10 bits per heavy atom. The van der Waals surface area contributed by atoms with Crippen LogP contribution in [0.3, 0.4) is 0 Å². The van der Waals surface area contributed by atoms with Gasteiger partial charge in [-0.05, 0) is 12.5 Å². The lowest BCUT2D eigenvalue weighted by atomic mass is 10.1. The number of methoxy groups -OCH3 is 1. The Morgan fingerprint density at radius 3 is 2.67 bits per heavy atom. The van der Waals surface area contributed by atoms with E-state index >= 15 is 0 Å². The smallest absolute Gasteiger partial charge is 0.307 e. The maximum absolute atomic E-state index is 12.1. The molecule has 0 saturated heterocycles. The van der Waals surface area contributed by atoms with Crippen molar-refractivity contribution in [1.29, 1.82) is 0 Å². The van der Waals surface area contributed by atoms with Gasteiger partial charge in [0.25, 0.3) is 5.69 Å². The zero-order chi connectivity index (χ0) is 15.8. The summed E-state index contributed by atoms with van der Waals surface area (Å²) in [6, 6.07) is 5.97. The molecular formula is C14H18N2O5.